The lowest BCUT2D eigenvalue weighted by Gasteiger charge is -2.11. The molecule has 1 aromatic heterocycles. The third-order valence-corrected chi connectivity index (χ3v) is 4.36. The molecule has 0 N–H and O–H groups in total. The lowest BCUT2D eigenvalue weighted by Crippen LogP contribution is -2.23. The van der Waals surface area contributed by atoms with Crippen LogP contribution in [0.1, 0.15) is 6.42 Å². The highest BCUT2D eigenvalue weighted by atomic mass is 32.1. The highest BCUT2D eigenvalue weighted by Crippen LogP contribution is 2.34. The van der Waals surface area contributed by atoms with Crippen LogP contribution in [0.4, 0.5) is 5.13 Å². The molecular formula is C14H14N2O2S. The molecule has 1 amide bonds. The van der Waals surface area contributed by atoms with Gasteiger partial charge in [0.05, 0.1) is 17.3 Å². The summed E-state index contributed by atoms with van der Waals surface area (Å²) in [7, 11) is 1.63. The Kier molecular flexibility index (Phi) is 2.98. The SMILES string of the molecule is C=CC1CC(=O)N(c2nc3cc(OC)ccc3s2)C1. The summed E-state index contributed by atoms with van der Waals surface area (Å²) in [5.41, 5.74) is 0.870. The van der Waals surface area contributed by atoms with Crippen molar-refractivity contribution < 1.29 is 9.53 Å². The third-order valence-electron chi connectivity index (χ3n) is 3.30. The molecule has 1 fully saturated rings. The first-order valence-electron chi connectivity index (χ1n) is 6.09. The summed E-state index contributed by atoms with van der Waals surface area (Å²) < 4.78 is 6.24. The lowest BCUT2D eigenvalue weighted by atomic mass is 10.1. The van der Waals surface area contributed by atoms with E-state index in [4.69, 9.17) is 4.74 Å². The predicted octanol–water partition coefficient (Wildman–Crippen LogP) is 2.84. The monoisotopic (exact) mass is 274 g/mol. The van der Waals surface area contributed by atoms with E-state index in [9.17, 15) is 4.79 Å². The number of carbonyl (C=O) groups excluding carboxylic acids is 1. The summed E-state index contributed by atoms with van der Waals surface area (Å²) in [5.74, 6) is 1.13. The van der Waals surface area contributed by atoms with Gasteiger partial charge in [-0.1, -0.05) is 17.4 Å². The van der Waals surface area contributed by atoms with Crippen LogP contribution in [-0.4, -0.2) is 24.5 Å². The van der Waals surface area contributed by atoms with Gasteiger partial charge in [0.1, 0.15) is 5.75 Å². The molecule has 19 heavy (non-hydrogen) atoms. The number of hydrogen-bond donors (Lipinski definition) is 0. The first kappa shape index (κ1) is 12.2. The van der Waals surface area contributed by atoms with Gasteiger partial charge in [0.25, 0.3) is 0 Å². The summed E-state index contributed by atoms with van der Waals surface area (Å²) >= 11 is 1.53. The van der Waals surface area contributed by atoms with Crippen molar-refractivity contribution in [2.24, 2.45) is 5.92 Å². The van der Waals surface area contributed by atoms with Crippen molar-refractivity contribution in [1.82, 2.24) is 4.98 Å². The molecule has 5 heteroatoms. The Labute approximate surface area is 115 Å². The Morgan fingerprint density at radius 3 is 3.11 bits per heavy atom. The van der Waals surface area contributed by atoms with Crippen molar-refractivity contribution in [3.8, 4) is 5.75 Å². The first-order valence-corrected chi connectivity index (χ1v) is 6.90. The molecule has 1 atom stereocenters. The number of benzene rings is 1. The largest absolute Gasteiger partial charge is 0.497 e. The maximum atomic E-state index is 12.0. The molecule has 1 unspecified atom stereocenters. The minimum absolute atomic E-state index is 0.121. The van der Waals surface area contributed by atoms with Crippen molar-refractivity contribution in [2.45, 2.75) is 6.42 Å². The quantitative estimate of drug-likeness (QED) is 0.808. The van der Waals surface area contributed by atoms with Crippen molar-refractivity contribution >= 4 is 32.6 Å². The van der Waals surface area contributed by atoms with E-state index in [1.165, 1.54) is 11.3 Å². The predicted molar refractivity (Wildman–Crippen MR) is 76.8 cm³/mol. The molecule has 4 nitrogen and oxygen atoms in total. The summed E-state index contributed by atoms with van der Waals surface area (Å²) in [6, 6.07) is 5.77. The van der Waals surface area contributed by atoms with Crippen LogP contribution in [0.15, 0.2) is 30.9 Å². The molecule has 0 radical (unpaired) electrons. The van der Waals surface area contributed by atoms with Gasteiger partial charge in [-0.2, -0.15) is 0 Å². The van der Waals surface area contributed by atoms with Gasteiger partial charge < -0.3 is 4.74 Å². The fourth-order valence-corrected chi connectivity index (χ4v) is 3.19. The maximum absolute atomic E-state index is 12.0. The number of amides is 1. The summed E-state index contributed by atoms with van der Waals surface area (Å²) in [5, 5.41) is 0.762. The molecule has 98 valence electrons. The Morgan fingerprint density at radius 1 is 1.58 bits per heavy atom. The van der Waals surface area contributed by atoms with E-state index < -0.39 is 0 Å². The smallest absolute Gasteiger partial charge is 0.229 e. The Bertz CT molecular complexity index is 650. The van der Waals surface area contributed by atoms with Crippen LogP contribution in [0.2, 0.25) is 0 Å². The normalized spacial score (nSPS) is 19.1. The van der Waals surface area contributed by atoms with E-state index in [1.807, 2.05) is 24.3 Å². The standard InChI is InChI=1S/C14H14N2O2S/c1-3-9-6-13(17)16(8-9)14-15-11-7-10(18-2)4-5-12(11)19-14/h3-5,7,9H,1,6,8H2,2H3. The van der Waals surface area contributed by atoms with Crippen LogP contribution in [0.25, 0.3) is 10.2 Å². The van der Waals surface area contributed by atoms with Crippen molar-refractivity contribution in [2.75, 3.05) is 18.6 Å². The average Bonchev–Trinajstić information content (AvgIpc) is 3.00. The third kappa shape index (κ3) is 2.10. The fraction of sp³-hybridized carbons (Fsp3) is 0.286. The van der Waals surface area contributed by atoms with Crippen molar-refractivity contribution in [1.29, 1.82) is 0 Å². The number of ether oxygens (including phenoxy) is 1. The average molecular weight is 274 g/mol. The second-order valence-electron chi connectivity index (χ2n) is 4.53. The topological polar surface area (TPSA) is 42.4 Å². The Hall–Kier alpha value is -1.88. The fourth-order valence-electron chi connectivity index (χ4n) is 2.22. The number of anilines is 1. The van der Waals surface area contributed by atoms with E-state index in [2.05, 4.69) is 11.6 Å². The highest BCUT2D eigenvalue weighted by Gasteiger charge is 2.30. The Morgan fingerprint density at radius 2 is 2.42 bits per heavy atom. The number of hydrogen-bond acceptors (Lipinski definition) is 4. The summed E-state index contributed by atoms with van der Waals surface area (Å²) in [6.07, 6.45) is 2.37. The van der Waals surface area contributed by atoms with Crippen LogP contribution in [0, 0.1) is 5.92 Å². The molecule has 0 saturated carbocycles. The molecule has 1 aromatic carbocycles. The van der Waals surface area contributed by atoms with Gasteiger partial charge >= 0.3 is 0 Å². The number of carbonyl (C=O) groups is 1. The molecule has 2 heterocycles. The van der Waals surface area contributed by atoms with Crippen LogP contribution < -0.4 is 9.64 Å². The van der Waals surface area contributed by atoms with Gasteiger partial charge in [0.15, 0.2) is 5.13 Å². The van der Waals surface area contributed by atoms with Gasteiger partial charge in [-0.3, -0.25) is 9.69 Å². The summed E-state index contributed by atoms with van der Waals surface area (Å²) in [4.78, 5) is 18.2. The zero-order valence-electron chi connectivity index (χ0n) is 10.6. The summed E-state index contributed by atoms with van der Waals surface area (Å²) in [6.45, 7) is 4.44. The number of thiazole rings is 1. The molecule has 0 aliphatic carbocycles. The zero-order chi connectivity index (χ0) is 13.4. The van der Waals surface area contributed by atoms with Gasteiger partial charge in [-0.05, 0) is 12.1 Å². The highest BCUT2D eigenvalue weighted by molar-refractivity contribution is 7.22. The second kappa shape index (κ2) is 4.66. The van der Waals surface area contributed by atoms with Crippen LogP contribution >= 0.6 is 11.3 Å². The first-order chi connectivity index (χ1) is 9.21. The zero-order valence-corrected chi connectivity index (χ0v) is 11.4. The molecular weight excluding hydrogens is 260 g/mol. The Balaban J connectivity index is 1.97. The molecule has 1 saturated heterocycles. The van der Waals surface area contributed by atoms with E-state index in [0.717, 1.165) is 21.1 Å². The van der Waals surface area contributed by atoms with Crippen LogP contribution in [-0.2, 0) is 4.79 Å². The van der Waals surface area contributed by atoms with E-state index in [1.54, 1.807) is 12.0 Å². The molecule has 0 bridgehead atoms. The lowest BCUT2D eigenvalue weighted by molar-refractivity contribution is -0.117. The maximum Gasteiger partial charge on any atom is 0.229 e. The van der Waals surface area contributed by atoms with Crippen molar-refractivity contribution in [3.05, 3.63) is 30.9 Å². The molecule has 1 aliphatic rings. The van der Waals surface area contributed by atoms with E-state index >= 15 is 0 Å². The number of methoxy groups -OCH3 is 1. The minimum atomic E-state index is 0.121. The minimum Gasteiger partial charge on any atom is -0.497 e. The molecule has 3 rings (SSSR count). The van der Waals surface area contributed by atoms with Gasteiger partial charge in [-0.25, -0.2) is 4.98 Å². The second-order valence-corrected chi connectivity index (χ2v) is 5.54. The van der Waals surface area contributed by atoms with E-state index in [0.29, 0.717) is 13.0 Å². The molecule has 0 spiro atoms. The molecule has 1 aliphatic heterocycles. The van der Waals surface area contributed by atoms with E-state index in [-0.39, 0.29) is 11.8 Å². The van der Waals surface area contributed by atoms with Crippen LogP contribution in [0.5, 0.6) is 5.75 Å². The molecule has 2 aromatic rings. The van der Waals surface area contributed by atoms with Crippen molar-refractivity contribution in [3.63, 3.8) is 0 Å². The number of nitrogens with zero attached hydrogens (tertiary/aromatic N) is 2. The van der Waals surface area contributed by atoms with Crippen LogP contribution in [0.3, 0.4) is 0 Å². The van der Waals surface area contributed by atoms with Gasteiger partial charge in [0, 0.05) is 24.9 Å². The number of fused-ring (bicyclic) bond motifs is 1. The number of rotatable bonds is 3. The van der Waals surface area contributed by atoms with Gasteiger partial charge in [-0.15, -0.1) is 6.58 Å². The van der Waals surface area contributed by atoms with Gasteiger partial charge in [0.2, 0.25) is 5.91 Å². The number of aromatic nitrogens is 1.